The van der Waals surface area contributed by atoms with Crippen LogP contribution in [0.4, 0.5) is 0 Å². The molecule has 1 fully saturated rings. The van der Waals surface area contributed by atoms with E-state index in [0.29, 0.717) is 0 Å². The summed E-state index contributed by atoms with van der Waals surface area (Å²) in [6.07, 6.45) is 1.01. The van der Waals surface area contributed by atoms with E-state index in [1.807, 2.05) is 38.1 Å². The van der Waals surface area contributed by atoms with E-state index in [1.54, 1.807) is 0 Å². The number of ketones is 1. The minimum absolute atomic E-state index is 0.0607. The average Bonchev–Trinajstić information content (AvgIpc) is 2.67. The fraction of sp³-hybridized carbons (Fsp3) is 0.533. The summed E-state index contributed by atoms with van der Waals surface area (Å²) in [5.41, 5.74) is 1.99. The van der Waals surface area contributed by atoms with Gasteiger partial charge >= 0.3 is 0 Å². The van der Waals surface area contributed by atoms with Crippen LogP contribution in [-0.4, -0.2) is 43.0 Å². The van der Waals surface area contributed by atoms with Crippen LogP contribution in [0.3, 0.4) is 0 Å². The summed E-state index contributed by atoms with van der Waals surface area (Å²) in [6, 6.07) is 7.76. The number of Topliss-reactive ketones (excluding diaryl/α,β-unsaturated/α-hetero) is 1. The molecular weight excluding hydrogens is 226 g/mol. The van der Waals surface area contributed by atoms with Crippen LogP contribution >= 0.6 is 0 Å². The number of nitrogens with zero attached hydrogens (tertiary/aromatic N) is 1. The maximum Gasteiger partial charge on any atom is 0.179 e. The molecule has 98 valence electrons. The third kappa shape index (κ3) is 3.18. The van der Waals surface area contributed by atoms with Gasteiger partial charge in [-0.25, -0.2) is 0 Å². The summed E-state index contributed by atoms with van der Waals surface area (Å²) in [5.74, 6) is 0.205. The quantitative estimate of drug-likeness (QED) is 0.768. The lowest BCUT2D eigenvalue weighted by Gasteiger charge is -2.25. The van der Waals surface area contributed by atoms with Gasteiger partial charge < -0.3 is 4.74 Å². The van der Waals surface area contributed by atoms with Gasteiger partial charge in [-0.15, -0.1) is 0 Å². The number of carbonyl (C=O) groups is 1. The smallest absolute Gasteiger partial charge is 0.179 e. The van der Waals surface area contributed by atoms with Crippen LogP contribution in [0.2, 0.25) is 0 Å². The predicted molar refractivity (Wildman–Crippen MR) is 72.0 cm³/mol. The minimum Gasteiger partial charge on any atom is -0.380 e. The summed E-state index contributed by atoms with van der Waals surface area (Å²) < 4.78 is 5.42. The summed E-state index contributed by atoms with van der Waals surface area (Å²) in [7, 11) is 0. The molecule has 1 heterocycles. The van der Waals surface area contributed by atoms with Gasteiger partial charge in [-0.3, -0.25) is 9.69 Å². The van der Waals surface area contributed by atoms with E-state index in [2.05, 4.69) is 4.90 Å². The van der Waals surface area contributed by atoms with E-state index in [1.165, 1.54) is 5.56 Å². The fourth-order valence-corrected chi connectivity index (χ4v) is 2.28. The van der Waals surface area contributed by atoms with Crippen LogP contribution in [0.1, 0.15) is 29.3 Å². The van der Waals surface area contributed by atoms with Crippen molar-refractivity contribution in [2.24, 2.45) is 0 Å². The largest absolute Gasteiger partial charge is 0.380 e. The molecule has 0 radical (unpaired) electrons. The SMILES string of the molecule is Cc1ccc(C(=O)C(C)N2CCCOCC2)cc1. The zero-order valence-electron chi connectivity index (χ0n) is 11.2. The average molecular weight is 247 g/mol. The van der Waals surface area contributed by atoms with Crippen LogP contribution in [-0.2, 0) is 4.74 Å². The predicted octanol–water partition coefficient (Wildman–Crippen LogP) is 2.29. The number of aryl methyl sites for hydroxylation is 1. The Hall–Kier alpha value is -1.19. The Morgan fingerprint density at radius 2 is 1.94 bits per heavy atom. The van der Waals surface area contributed by atoms with Gasteiger partial charge in [0, 0.05) is 25.3 Å². The topological polar surface area (TPSA) is 29.5 Å². The van der Waals surface area contributed by atoms with Crippen molar-refractivity contribution in [3.8, 4) is 0 Å². The molecule has 0 amide bonds. The molecule has 0 aliphatic carbocycles. The summed E-state index contributed by atoms with van der Waals surface area (Å²) in [6.45, 7) is 7.35. The van der Waals surface area contributed by atoms with E-state index in [0.717, 1.165) is 38.3 Å². The first-order valence-electron chi connectivity index (χ1n) is 6.61. The van der Waals surface area contributed by atoms with E-state index >= 15 is 0 Å². The molecule has 0 aromatic heterocycles. The molecule has 0 bridgehead atoms. The molecule has 1 aromatic carbocycles. The van der Waals surface area contributed by atoms with Crippen molar-refractivity contribution in [1.82, 2.24) is 4.90 Å². The number of carbonyl (C=O) groups excluding carboxylic acids is 1. The zero-order valence-corrected chi connectivity index (χ0v) is 11.2. The third-order valence-electron chi connectivity index (χ3n) is 3.52. The Morgan fingerprint density at radius 3 is 2.67 bits per heavy atom. The first kappa shape index (κ1) is 13.2. The molecular formula is C15H21NO2. The van der Waals surface area contributed by atoms with Gasteiger partial charge in [0.05, 0.1) is 12.6 Å². The van der Waals surface area contributed by atoms with Gasteiger partial charge in [0.1, 0.15) is 0 Å². The van der Waals surface area contributed by atoms with Crippen molar-refractivity contribution < 1.29 is 9.53 Å². The second-order valence-electron chi connectivity index (χ2n) is 4.91. The normalized spacial score (nSPS) is 19.2. The Labute approximate surface area is 109 Å². The molecule has 0 spiro atoms. The number of ether oxygens (including phenoxy) is 1. The first-order chi connectivity index (χ1) is 8.68. The lowest BCUT2D eigenvalue weighted by molar-refractivity contribution is 0.0824. The van der Waals surface area contributed by atoms with Crippen molar-refractivity contribution in [3.05, 3.63) is 35.4 Å². The van der Waals surface area contributed by atoms with Gasteiger partial charge in [-0.1, -0.05) is 29.8 Å². The molecule has 3 heteroatoms. The van der Waals surface area contributed by atoms with Gasteiger partial charge in [0.15, 0.2) is 5.78 Å². The lowest BCUT2D eigenvalue weighted by Crippen LogP contribution is -2.40. The monoisotopic (exact) mass is 247 g/mol. The number of hydrogen-bond donors (Lipinski definition) is 0. The maximum absolute atomic E-state index is 12.4. The Bertz CT molecular complexity index is 391. The van der Waals surface area contributed by atoms with Crippen molar-refractivity contribution in [2.45, 2.75) is 26.3 Å². The van der Waals surface area contributed by atoms with Crippen LogP contribution in [0.25, 0.3) is 0 Å². The van der Waals surface area contributed by atoms with Gasteiger partial charge in [-0.2, -0.15) is 0 Å². The van der Waals surface area contributed by atoms with Crippen molar-refractivity contribution in [2.75, 3.05) is 26.3 Å². The van der Waals surface area contributed by atoms with Gasteiger partial charge in [-0.05, 0) is 20.3 Å². The zero-order chi connectivity index (χ0) is 13.0. The standard InChI is InChI=1S/C15H21NO2/c1-12-4-6-14(7-5-12)15(17)13(2)16-8-3-10-18-11-9-16/h4-7,13H,3,8-11H2,1-2H3. The molecule has 2 rings (SSSR count). The van der Waals surface area contributed by atoms with Crippen LogP contribution in [0.15, 0.2) is 24.3 Å². The number of benzene rings is 1. The molecule has 1 atom stereocenters. The highest BCUT2D eigenvalue weighted by atomic mass is 16.5. The highest BCUT2D eigenvalue weighted by Crippen LogP contribution is 2.12. The molecule has 0 N–H and O–H groups in total. The van der Waals surface area contributed by atoms with E-state index in [4.69, 9.17) is 4.74 Å². The van der Waals surface area contributed by atoms with Crippen molar-refractivity contribution in [1.29, 1.82) is 0 Å². The lowest BCUT2D eigenvalue weighted by atomic mass is 10.0. The Balaban J connectivity index is 2.05. The van der Waals surface area contributed by atoms with Crippen molar-refractivity contribution in [3.63, 3.8) is 0 Å². The number of rotatable bonds is 3. The van der Waals surface area contributed by atoms with E-state index < -0.39 is 0 Å². The van der Waals surface area contributed by atoms with E-state index in [9.17, 15) is 4.79 Å². The molecule has 3 nitrogen and oxygen atoms in total. The van der Waals surface area contributed by atoms with Crippen LogP contribution in [0, 0.1) is 6.92 Å². The van der Waals surface area contributed by atoms with Crippen LogP contribution in [0.5, 0.6) is 0 Å². The second kappa shape index (κ2) is 6.12. The van der Waals surface area contributed by atoms with Crippen LogP contribution < -0.4 is 0 Å². The summed E-state index contributed by atoms with van der Waals surface area (Å²) in [4.78, 5) is 14.6. The molecule has 1 unspecified atom stereocenters. The summed E-state index contributed by atoms with van der Waals surface area (Å²) in [5, 5.41) is 0. The van der Waals surface area contributed by atoms with Gasteiger partial charge in [0.2, 0.25) is 0 Å². The Morgan fingerprint density at radius 1 is 1.22 bits per heavy atom. The van der Waals surface area contributed by atoms with Crippen molar-refractivity contribution >= 4 is 5.78 Å². The number of hydrogen-bond acceptors (Lipinski definition) is 3. The highest BCUT2D eigenvalue weighted by Gasteiger charge is 2.23. The molecule has 1 aliphatic heterocycles. The highest BCUT2D eigenvalue weighted by molar-refractivity contribution is 5.99. The third-order valence-corrected chi connectivity index (χ3v) is 3.52. The molecule has 1 aliphatic rings. The molecule has 1 aromatic rings. The molecule has 18 heavy (non-hydrogen) atoms. The fourth-order valence-electron chi connectivity index (χ4n) is 2.28. The molecule has 1 saturated heterocycles. The van der Waals surface area contributed by atoms with E-state index in [-0.39, 0.29) is 11.8 Å². The second-order valence-corrected chi connectivity index (χ2v) is 4.91. The maximum atomic E-state index is 12.4. The Kier molecular flexibility index (Phi) is 4.50. The first-order valence-corrected chi connectivity index (χ1v) is 6.61. The molecule has 0 saturated carbocycles. The minimum atomic E-state index is -0.0607. The summed E-state index contributed by atoms with van der Waals surface area (Å²) >= 11 is 0. The van der Waals surface area contributed by atoms with Gasteiger partial charge in [0.25, 0.3) is 0 Å².